The molecule has 1 amide bonds. The van der Waals surface area contributed by atoms with Gasteiger partial charge < -0.3 is 20.2 Å². The molecule has 1 aliphatic rings. The zero-order valence-electron chi connectivity index (χ0n) is 21.4. The standard InChI is InChI=1S/C22H22F2N7O4PS.C2H6O/c23-15-6-7-18(24)28-19(15)20-16(10-31(29-20)14-4-2-1-3-5-14)26-21(32)17-11-37-22(27-17)13-8-25-30(9-13)12-35-36(33)34;1-2-3/h6-11,14,33-34H,1-5,12H2,(H,26,32);3H,2H2,1H3. The highest BCUT2D eigenvalue weighted by Crippen LogP contribution is 2.34. The number of amides is 1. The van der Waals surface area contributed by atoms with Gasteiger partial charge in [0, 0.05) is 29.9 Å². The summed E-state index contributed by atoms with van der Waals surface area (Å²) >= 11 is 1.21. The highest BCUT2D eigenvalue weighted by Gasteiger charge is 2.24. The lowest BCUT2D eigenvalue weighted by atomic mass is 9.96. The topological polar surface area (TPSA) is 160 Å². The summed E-state index contributed by atoms with van der Waals surface area (Å²) in [5.74, 6) is -2.16. The second-order valence-corrected chi connectivity index (χ2v) is 10.3. The number of nitrogens with one attached hydrogen (secondary N) is 1. The molecule has 1 aliphatic carbocycles. The Morgan fingerprint density at radius 1 is 1.18 bits per heavy atom. The number of hydrogen-bond acceptors (Lipinski definition) is 10. The molecule has 16 heteroatoms. The van der Waals surface area contributed by atoms with E-state index in [2.05, 4.69) is 25.5 Å². The van der Waals surface area contributed by atoms with Crippen LogP contribution in [0.25, 0.3) is 22.0 Å². The average Bonchev–Trinajstić information content (AvgIpc) is 3.70. The molecule has 0 atom stereocenters. The first-order valence-corrected chi connectivity index (χ1v) is 14.5. The number of aromatic nitrogens is 6. The third-order valence-electron chi connectivity index (χ3n) is 5.89. The normalized spacial score (nSPS) is 13.8. The van der Waals surface area contributed by atoms with Gasteiger partial charge in [0.15, 0.2) is 5.82 Å². The number of aliphatic hydroxyl groups is 1. The van der Waals surface area contributed by atoms with Crippen LogP contribution in [0.5, 0.6) is 0 Å². The molecular formula is C24H28F2N7O5PS. The zero-order chi connectivity index (χ0) is 28.6. The van der Waals surface area contributed by atoms with E-state index in [-0.39, 0.29) is 42.1 Å². The summed E-state index contributed by atoms with van der Waals surface area (Å²) in [7, 11) is -2.51. The van der Waals surface area contributed by atoms with E-state index in [4.69, 9.17) is 19.4 Å². The lowest BCUT2D eigenvalue weighted by Gasteiger charge is -2.21. The Kier molecular flexibility index (Phi) is 10.4. The Bertz CT molecular complexity index is 1420. The molecule has 4 aromatic rings. The van der Waals surface area contributed by atoms with E-state index in [0.29, 0.717) is 10.6 Å². The van der Waals surface area contributed by atoms with Crippen LogP contribution in [-0.2, 0) is 11.3 Å². The van der Waals surface area contributed by atoms with Crippen molar-refractivity contribution >= 4 is 31.5 Å². The molecule has 1 fully saturated rings. The molecule has 5 rings (SSSR count). The number of halogens is 2. The van der Waals surface area contributed by atoms with E-state index in [1.165, 1.54) is 22.2 Å². The summed E-state index contributed by atoms with van der Waals surface area (Å²) in [6, 6.07) is 1.99. The third-order valence-corrected chi connectivity index (χ3v) is 7.13. The maximum atomic E-state index is 14.6. The predicted octanol–water partition coefficient (Wildman–Crippen LogP) is 4.49. The molecule has 0 aromatic carbocycles. The number of hydrogen-bond donors (Lipinski definition) is 4. The third kappa shape index (κ3) is 7.50. The largest absolute Gasteiger partial charge is 0.397 e. The molecular weight excluding hydrogens is 567 g/mol. The molecule has 214 valence electrons. The van der Waals surface area contributed by atoms with Crippen molar-refractivity contribution in [2.75, 3.05) is 11.9 Å². The maximum Gasteiger partial charge on any atom is 0.328 e. The number of carbonyl (C=O) groups excluding carboxylic acids is 1. The Morgan fingerprint density at radius 2 is 1.93 bits per heavy atom. The SMILES string of the molecule is CCO.O=C(Nc1cn(C2CCCCC2)nc1-c1nc(F)ccc1F)c1csc(-c2cnn(COP(O)O)c2)n1. The summed E-state index contributed by atoms with van der Waals surface area (Å²) in [5, 5.41) is 20.9. The molecule has 40 heavy (non-hydrogen) atoms. The van der Waals surface area contributed by atoms with Crippen LogP contribution in [0.3, 0.4) is 0 Å². The van der Waals surface area contributed by atoms with E-state index in [0.717, 1.165) is 44.2 Å². The van der Waals surface area contributed by atoms with Crippen molar-refractivity contribution in [2.24, 2.45) is 0 Å². The van der Waals surface area contributed by atoms with E-state index < -0.39 is 26.3 Å². The lowest BCUT2D eigenvalue weighted by Crippen LogP contribution is -2.14. The number of rotatable bonds is 8. The van der Waals surface area contributed by atoms with Gasteiger partial charge >= 0.3 is 8.60 Å². The van der Waals surface area contributed by atoms with Crippen molar-refractivity contribution in [1.82, 2.24) is 29.5 Å². The first-order valence-electron chi connectivity index (χ1n) is 12.4. The van der Waals surface area contributed by atoms with Crippen molar-refractivity contribution in [1.29, 1.82) is 0 Å². The van der Waals surface area contributed by atoms with Crippen LogP contribution in [0.1, 0.15) is 55.6 Å². The smallest absolute Gasteiger partial charge is 0.328 e. The minimum absolute atomic E-state index is 0.0420. The van der Waals surface area contributed by atoms with Crippen molar-refractivity contribution < 1.29 is 33.0 Å². The van der Waals surface area contributed by atoms with Gasteiger partial charge in [-0.05, 0) is 31.9 Å². The maximum absolute atomic E-state index is 14.6. The predicted molar refractivity (Wildman–Crippen MR) is 144 cm³/mol. The quantitative estimate of drug-likeness (QED) is 0.170. The molecule has 4 aromatic heterocycles. The van der Waals surface area contributed by atoms with Crippen molar-refractivity contribution in [2.45, 2.75) is 51.8 Å². The summed E-state index contributed by atoms with van der Waals surface area (Å²) in [6.45, 7) is 1.77. The second-order valence-electron chi connectivity index (χ2n) is 8.72. The van der Waals surface area contributed by atoms with Crippen LogP contribution in [0.4, 0.5) is 14.5 Å². The summed E-state index contributed by atoms with van der Waals surface area (Å²) in [6.07, 6.45) is 9.75. The van der Waals surface area contributed by atoms with Gasteiger partial charge in [0.25, 0.3) is 5.91 Å². The van der Waals surface area contributed by atoms with Crippen LogP contribution in [-0.4, -0.2) is 56.9 Å². The van der Waals surface area contributed by atoms with Crippen molar-refractivity contribution in [3.63, 3.8) is 0 Å². The number of carbonyl (C=O) groups is 1. The monoisotopic (exact) mass is 595 g/mol. The first-order chi connectivity index (χ1) is 19.3. The van der Waals surface area contributed by atoms with Crippen LogP contribution in [0.2, 0.25) is 0 Å². The molecule has 0 aliphatic heterocycles. The Labute approximate surface area is 233 Å². The Balaban J connectivity index is 0.00000118. The van der Waals surface area contributed by atoms with Gasteiger partial charge in [-0.15, -0.1) is 11.3 Å². The van der Waals surface area contributed by atoms with Gasteiger partial charge in [-0.2, -0.15) is 14.6 Å². The van der Waals surface area contributed by atoms with E-state index in [1.807, 2.05) is 0 Å². The van der Waals surface area contributed by atoms with Gasteiger partial charge in [0.2, 0.25) is 5.95 Å². The molecule has 12 nitrogen and oxygen atoms in total. The fraction of sp³-hybridized carbons (Fsp3) is 0.375. The van der Waals surface area contributed by atoms with Gasteiger partial charge in [-0.25, -0.2) is 19.0 Å². The summed E-state index contributed by atoms with van der Waals surface area (Å²) in [5.41, 5.74) is 0.678. The highest BCUT2D eigenvalue weighted by atomic mass is 32.1. The number of thiazole rings is 1. The number of anilines is 1. The fourth-order valence-corrected chi connectivity index (χ4v) is 5.12. The molecule has 0 bridgehead atoms. The lowest BCUT2D eigenvalue weighted by molar-refractivity contribution is 0.102. The van der Waals surface area contributed by atoms with Crippen LogP contribution in [0.15, 0.2) is 36.1 Å². The van der Waals surface area contributed by atoms with Gasteiger partial charge in [-0.3, -0.25) is 14.0 Å². The first kappa shape index (κ1) is 29.8. The molecule has 0 saturated heterocycles. The van der Waals surface area contributed by atoms with Crippen molar-refractivity contribution in [3.8, 4) is 22.0 Å². The molecule has 0 spiro atoms. The number of pyridine rings is 1. The highest BCUT2D eigenvalue weighted by molar-refractivity contribution is 7.39. The molecule has 0 radical (unpaired) electrons. The van der Waals surface area contributed by atoms with Crippen LogP contribution in [0, 0.1) is 11.8 Å². The molecule has 4 heterocycles. The minimum atomic E-state index is -2.51. The average molecular weight is 596 g/mol. The van der Waals surface area contributed by atoms with Gasteiger partial charge in [0.1, 0.15) is 28.8 Å². The van der Waals surface area contributed by atoms with E-state index in [1.54, 1.807) is 29.4 Å². The second kappa shape index (κ2) is 13.9. The summed E-state index contributed by atoms with van der Waals surface area (Å²) in [4.78, 5) is 38.9. The minimum Gasteiger partial charge on any atom is -0.397 e. The van der Waals surface area contributed by atoms with E-state index in [9.17, 15) is 13.6 Å². The van der Waals surface area contributed by atoms with Crippen LogP contribution >= 0.6 is 19.9 Å². The van der Waals surface area contributed by atoms with Gasteiger partial charge in [0.05, 0.1) is 17.9 Å². The number of aliphatic hydroxyl groups excluding tert-OH is 1. The Morgan fingerprint density at radius 3 is 2.65 bits per heavy atom. The zero-order valence-corrected chi connectivity index (χ0v) is 23.2. The summed E-state index contributed by atoms with van der Waals surface area (Å²) < 4.78 is 36.2. The number of nitrogens with zero attached hydrogens (tertiary/aromatic N) is 6. The molecule has 0 unspecified atom stereocenters. The molecule has 1 saturated carbocycles. The van der Waals surface area contributed by atoms with Crippen molar-refractivity contribution in [3.05, 3.63) is 53.6 Å². The van der Waals surface area contributed by atoms with Gasteiger partial charge in [-0.1, -0.05) is 19.3 Å². The Hall–Kier alpha value is -3.20. The molecule has 4 N–H and O–H groups in total. The van der Waals surface area contributed by atoms with E-state index >= 15 is 0 Å². The fourth-order valence-electron chi connectivity index (χ4n) is 4.13. The van der Waals surface area contributed by atoms with Crippen LogP contribution < -0.4 is 5.32 Å².